The number of nitrogens with zero attached hydrogens (tertiary/aromatic N) is 1. The van der Waals surface area contributed by atoms with Gasteiger partial charge in [-0.2, -0.15) is 0 Å². The average molecular weight is 337 g/mol. The summed E-state index contributed by atoms with van der Waals surface area (Å²) >= 11 is 0. The van der Waals surface area contributed by atoms with Crippen molar-refractivity contribution in [2.24, 2.45) is 5.92 Å². The molecule has 1 saturated heterocycles. The van der Waals surface area contributed by atoms with Gasteiger partial charge < -0.3 is 10.0 Å². The zero-order valence-corrected chi connectivity index (χ0v) is 14.4. The van der Waals surface area contributed by atoms with E-state index in [2.05, 4.69) is 31.2 Å². The molecule has 2 atom stereocenters. The van der Waals surface area contributed by atoms with Crippen LogP contribution in [0.3, 0.4) is 0 Å². The SMILES string of the molecule is CC1CN(C(=O)Cc2ccccc2C(=O)O)CCC1c1ccccc1. The van der Waals surface area contributed by atoms with Crippen LogP contribution in [0.25, 0.3) is 0 Å². The zero-order chi connectivity index (χ0) is 17.8. The summed E-state index contributed by atoms with van der Waals surface area (Å²) in [5.41, 5.74) is 2.12. The van der Waals surface area contributed by atoms with E-state index in [1.807, 2.05) is 11.0 Å². The lowest BCUT2D eigenvalue weighted by molar-refractivity contribution is -0.132. The molecule has 1 N–H and O–H groups in total. The van der Waals surface area contributed by atoms with Gasteiger partial charge in [-0.1, -0.05) is 55.5 Å². The van der Waals surface area contributed by atoms with Gasteiger partial charge >= 0.3 is 5.97 Å². The van der Waals surface area contributed by atoms with E-state index in [9.17, 15) is 14.7 Å². The summed E-state index contributed by atoms with van der Waals surface area (Å²) in [6, 6.07) is 17.2. The molecule has 2 aromatic carbocycles. The van der Waals surface area contributed by atoms with Crippen LogP contribution < -0.4 is 0 Å². The lowest BCUT2D eigenvalue weighted by Crippen LogP contribution is -2.43. The monoisotopic (exact) mass is 337 g/mol. The summed E-state index contributed by atoms with van der Waals surface area (Å²) in [5.74, 6) is -0.127. The number of benzene rings is 2. The zero-order valence-electron chi connectivity index (χ0n) is 14.4. The minimum atomic E-state index is -0.987. The summed E-state index contributed by atoms with van der Waals surface area (Å²) in [6.07, 6.45) is 1.09. The van der Waals surface area contributed by atoms with Crippen molar-refractivity contribution in [1.29, 1.82) is 0 Å². The van der Waals surface area contributed by atoms with Gasteiger partial charge in [0.1, 0.15) is 0 Å². The van der Waals surface area contributed by atoms with Crippen molar-refractivity contribution in [3.63, 3.8) is 0 Å². The van der Waals surface area contributed by atoms with Gasteiger partial charge in [-0.15, -0.1) is 0 Å². The highest BCUT2D eigenvalue weighted by Gasteiger charge is 2.29. The Morgan fingerprint density at radius 2 is 1.76 bits per heavy atom. The quantitative estimate of drug-likeness (QED) is 0.928. The highest BCUT2D eigenvalue weighted by Crippen LogP contribution is 2.32. The van der Waals surface area contributed by atoms with Crippen molar-refractivity contribution >= 4 is 11.9 Å². The molecule has 0 spiro atoms. The summed E-state index contributed by atoms with van der Waals surface area (Å²) in [6.45, 7) is 3.62. The molecule has 130 valence electrons. The third-order valence-corrected chi connectivity index (χ3v) is 5.08. The number of likely N-dealkylation sites (tertiary alicyclic amines) is 1. The summed E-state index contributed by atoms with van der Waals surface area (Å²) < 4.78 is 0. The third-order valence-electron chi connectivity index (χ3n) is 5.08. The molecular formula is C21H23NO3. The van der Waals surface area contributed by atoms with Crippen LogP contribution in [0, 0.1) is 5.92 Å². The Hall–Kier alpha value is -2.62. The molecule has 4 nitrogen and oxygen atoms in total. The van der Waals surface area contributed by atoms with Gasteiger partial charge in [0.25, 0.3) is 0 Å². The van der Waals surface area contributed by atoms with Crippen LogP contribution in [0.1, 0.15) is 40.7 Å². The largest absolute Gasteiger partial charge is 0.478 e. The molecule has 1 amide bonds. The number of hydrogen-bond donors (Lipinski definition) is 1. The molecule has 0 bridgehead atoms. The molecule has 0 aromatic heterocycles. The van der Waals surface area contributed by atoms with Gasteiger partial charge in [0, 0.05) is 13.1 Å². The first-order valence-electron chi connectivity index (χ1n) is 8.70. The number of amides is 1. The Morgan fingerprint density at radius 3 is 2.44 bits per heavy atom. The maximum atomic E-state index is 12.7. The Morgan fingerprint density at radius 1 is 1.08 bits per heavy atom. The van der Waals surface area contributed by atoms with Gasteiger partial charge in [0.15, 0.2) is 0 Å². The topological polar surface area (TPSA) is 57.6 Å². The Labute approximate surface area is 148 Å². The molecule has 4 heteroatoms. The minimum Gasteiger partial charge on any atom is -0.478 e. The maximum absolute atomic E-state index is 12.7. The predicted octanol–water partition coefficient (Wildman–Crippen LogP) is 3.58. The van der Waals surface area contributed by atoms with Crippen molar-refractivity contribution in [3.8, 4) is 0 Å². The van der Waals surface area contributed by atoms with E-state index in [4.69, 9.17) is 0 Å². The molecular weight excluding hydrogens is 314 g/mol. The molecule has 1 fully saturated rings. The summed E-state index contributed by atoms with van der Waals surface area (Å²) in [5, 5.41) is 9.27. The van der Waals surface area contributed by atoms with Crippen LogP contribution in [0.5, 0.6) is 0 Å². The molecule has 3 rings (SSSR count). The second-order valence-corrected chi connectivity index (χ2v) is 6.76. The van der Waals surface area contributed by atoms with Crippen molar-refractivity contribution in [2.45, 2.75) is 25.7 Å². The van der Waals surface area contributed by atoms with Gasteiger partial charge in [-0.25, -0.2) is 4.79 Å². The van der Waals surface area contributed by atoms with Crippen molar-refractivity contribution in [1.82, 2.24) is 4.90 Å². The van der Waals surface area contributed by atoms with Crippen molar-refractivity contribution in [2.75, 3.05) is 13.1 Å². The van der Waals surface area contributed by atoms with Crippen molar-refractivity contribution < 1.29 is 14.7 Å². The summed E-state index contributed by atoms with van der Waals surface area (Å²) in [7, 11) is 0. The Bertz CT molecular complexity index is 757. The molecule has 2 aromatic rings. The highest BCUT2D eigenvalue weighted by atomic mass is 16.4. The van der Waals surface area contributed by atoms with E-state index in [1.54, 1.807) is 24.3 Å². The normalized spacial score (nSPS) is 20.3. The van der Waals surface area contributed by atoms with Crippen LogP contribution in [-0.4, -0.2) is 35.0 Å². The van der Waals surface area contributed by atoms with E-state index in [0.29, 0.717) is 23.9 Å². The number of rotatable bonds is 4. The van der Waals surface area contributed by atoms with E-state index in [1.165, 1.54) is 5.56 Å². The van der Waals surface area contributed by atoms with Gasteiger partial charge in [-0.3, -0.25) is 4.79 Å². The Balaban J connectivity index is 1.66. The lowest BCUT2D eigenvalue weighted by atomic mass is 9.81. The van der Waals surface area contributed by atoms with Gasteiger partial charge in [0.05, 0.1) is 12.0 Å². The van der Waals surface area contributed by atoms with Crippen molar-refractivity contribution in [3.05, 3.63) is 71.3 Å². The Kier molecular flexibility index (Phi) is 5.17. The average Bonchev–Trinajstić information content (AvgIpc) is 2.62. The standard InChI is InChI=1S/C21H23NO3/c1-15-14-22(12-11-18(15)16-7-3-2-4-8-16)20(23)13-17-9-5-6-10-19(17)21(24)25/h2-10,15,18H,11-14H2,1H3,(H,24,25). The lowest BCUT2D eigenvalue weighted by Gasteiger charge is -2.37. The van der Waals surface area contributed by atoms with Crippen LogP contribution in [0.4, 0.5) is 0 Å². The first-order chi connectivity index (χ1) is 12.1. The van der Waals surface area contributed by atoms with Gasteiger partial charge in [-0.05, 0) is 35.4 Å². The summed E-state index contributed by atoms with van der Waals surface area (Å²) in [4.78, 5) is 25.8. The highest BCUT2D eigenvalue weighted by molar-refractivity contribution is 5.91. The number of carboxylic acid groups (broad SMARTS) is 1. The van der Waals surface area contributed by atoms with Gasteiger partial charge in [0.2, 0.25) is 5.91 Å². The number of hydrogen-bond acceptors (Lipinski definition) is 2. The molecule has 1 aliphatic rings. The van der Waals surface area contributed by atoms with Crippen LogP contribution in [0.2, 0.25) is 0 Å². The fourth-order valence-electron chi connectivity index (χ4n) is 3.73. The number of piperidine rings is 1. The fraction of sp³-hybridized carbons (Fsp3) is 0.333. The maximum Gasteiger partial charge on any atom is 0.335 e. The predicted molar refractivity (Wildman–Crippen MR) is 96.6 cm³/mol. The first-order valence-corrected chi connectivity index (χ1v) is 8.70. The molecule has 1 heterocycles. The third kappa shape index (κ3) is 3.90. The fourth-order valence-corrected chi connectivity index (χ4v) is 3.73. The number of carboxylic acids is 1. The minimum absolute atomic E-state index is 0.00654. The molecule has 25 heavy (non-hydrogen) atoms. The second kappa shape index (κ2) is 7.51. The first kappa shape index (κ1) is 17.2. The second-order valence-electron chi connectivity index (χ2n) is 6.76. The number of carbonyl (C=O) groups is 2. The molecule has 0 aliphatic carbocycles. The molecule has 1 aliphatic heterocycles. The molecule has 2 unspecified atom stereocenters. The van der Waals surface area contributed by atoms with E-state index >= 15 is 0 Å². The van der Waals surface area contributed by atoms with E-state index in [0.717, 1.165) is 13.0 Å². The molecule has 0 saturated carbocycles. The van der Waals surface area contributed by atoms with Crippen LogP contribution >= 0.6 is 0 Å². The van der Waals surface area contributed by atoms with Crippen LogP contribution in [0.15, 0.2) is 54.6 Å². The van der Waals surface area contributed by atoms with Crippen LogP contribution in [-0.2, 0) is 11.2 Å². The number of aromatic carboxylic acids is 1. The van der Waals surface area contributed by atoms with E-state index in [-0.39, 0.29) is 17.9 Å². The number of carbonyl (C=O) groups excluding carboxylic acids is 1. The van der Waals surface area contributed by atoms with E-state index < -0.39 is 5.97 Å². The smallest absolute Gasteiger partial charge is 0.335 e. The molecule has 0 radical (unpaired) electrons.